The molecule has 3 fully saturated rings. The summed E-state index contributed by atoms with van der Waals surface area (Å²) in [4.78, 5) is 12.6. The van der Waals surface area contributed by atoms with Crippen LogP contribution in [0.4, 0.5) is 0 Å². The van der Waals surface area contributed by atoms with Crippen LogP contribution in [0.5, 0.6) is 0 Å². The number of Topliss-reactive ketones (excluding diaryl/α,β-unsaturated/α-hetero) is 1. The number of hydrogen-bond donors (Lipinski definition) is 1. The molecule has 3 aliphatic rings. The summed E-state index contributed by atoms with van der Waals surface area (Å²) >= 11 is 1.93. The topological polar surface area (TPSA) is 61.6 Å². The van der Waals surface area contributed by atoms with Crippen LogP contribution in [0.1, 0.15) is 25.7 Å². The van der Waals surface area contributed by atoms with E-state index in [0.717, 1.165) is 30.8 Å². The van der Waals surface area contributed by atoms with Gasteiger partial charge in [0.1, 0.15) is 5.54 Å². The van der Waals surface area contributed by atoms with Gasteiger partial charge in [0.25, 0.3) is 0 Å². The van der Waals surface area contributed by atoms with Crippen LogP contribution in [-0.4, -0.2) is 48.2 Å². The molecule has 0 aromatic carbocycles. The van der Waals surface area contributed by atoms with Crippen molar-refractivity contribution in [2.75, 3.05) is 31.3 Å². The van der Waals surface area contributed by atoms with E-state index in [2.05, 4.69) is 0 Å². The monoisotopic (exact) mass is 271 g/mol. The lowest BCUT2D eigenvalue weighted by atomic mass is 9.77. The zero-order valence-electron chi connectivity index (χ0n) is 10.7. The summed E-state index contributed by atoms with van der Waals surface area (Å²) in [5.74, 6) is 2.46. The number of ketones is 1. The second-order valence-corrected chi connectivity index (χ2v) is 6.95. The molecule has 18 heavy (non-hydrogen) atoms. The number of thioether (sulfide) groups is 1. The van der Waals surface area contributed by atoms with Crippen LogP contribution in [0.25, 0.3) is 0 Å². The number of carbonyl (C=O) groups is 1. The maximum Gasteiger partial charge on any atom is 0.158 e. The first-order valence-corrected chi connectivity index (χ1v) is 7.92. The van der Waals surface area contributed by atoms with Crippen molar-refractivity contribution in [3.05, 3.63) is 0 Å². The highest BCUT2D eigenvalue weighted by atomic mass is 32.2. The SMILES string of the molecule is NC1(C(=O)C2CCOC3(CCSC3)C2)CCOC1. The van der Waals surface area contributed by atoms with Gasteiger partial charge < -0.3 is 15.2 Å². The normalized spacial score (nSPS) is 44.6. The fourth-order valence-corrected chi connectivity index (χ4v) is 4.67. The average Bonchev–Trinajstić information content (AvgIpc) is 2.99. The summed E-state index contributed by atoms with van der Waals surface area (Å²) in [6.07, 6.45) is 3.43. The Balaban J connectivity index is 1.70. The number of hydrogen-bond acceptors (Lipinski definition) is 5. The Bertz CT molecular complexity index is 335. The molecule has 3 unspecified atom stereocenters. The molecule has 3 heterocycles. The van der Waals surface area contributed by atoms with E-state index < -0.39 is 5.54 Å². The van der Waals surface area contributed by atoms with Gasteiger partial charge in [0.15, 0.2) is 5.78 Å². The Labute approximate surface area is 112 Å². The van der Waals surface area contributed by atoms with Gasteiger partial charge in [-0.3, -0.25) is 4.79 Å². The number of rotatable bonds is 2. The minimum atomic E-state index is -0.727. The lowest BCUT2D eigenvalue weighted by Gasteiger charge is -2.39. The van der Waals surface area contributed by atoms with Gasteiger partial charge >= 0.3 is 0 Å². The maximum absolute atomic E-state index is 12.6. The van der Waals surface area contributed by atoms with Crippen molar-refractivity contribution in [1.29, 1.82) is 0 Å². The number of ether oxygens (including phenoxy) is 2. The van der Waals surface area contributed by atoms with E-state index in [1.54, 1.807) is 0 Å². The third-order valence-electron chi connectivity index (χ3n) is 4.47. The summed E-state index contributed by atoms with van der Waals surface area (Å²) in [5, 5.41) is 0. The average molecular weight is 271 g/mol. The molecule has 5 heteroatoms. The Morgan fingerprint density at radius 3 is 2.89 bits per heavy atom. The molecule has 0 aromatic heterocycles. The van der Waals surface area contributed by atoms with Gasteiger partial charge in [-0.05, 0) is 31.4 Å². The van der Waals surface area contributed by atoms with Crippen LogP contribution < -0.4 is 5.73 Å². The highest BCUT2D eigenvalue weighted by molar-refractivity contribution is 7.99. The highest BCUT2D eigenvalue weighted by Crippen LogP contribution is 2.41. The van der Waals surface area contributed by atoms with Crippen LogP contribution in [0, 0.1) is 5.92 Å². The summed E-state index contributed by atoms with van der Waals surface area (Å²) in [6.45, 7) is 1.71. The lowest BCUT2D eigenvalue weighted by molar-refractivity contribution is -0.139. The minimum Gasteiger partial charge on any atom is -0.379 e. The quantitative estimate of drug-likeness (QED) is 0.811. The van der Waals surface area contributed by atoms with Crippen LogP contribution >= 0.6 is 11.8 Å². The largest absolute Gasteiger partial charge is 0.379 e. The molecule has 0 amide bonds. The molecule has 2 N–H and O–H groups in total. The number of nitrogens with two attached hydrogens (primary N) is 1. The van der Waals surface area contributed by atoms with E-state index in [9.17, 15) is 4.79 Å². The van der Waals surface area contributed by atoms with Crippen LogP contribution in [0.15, 0.2) is 0 Å². The first-order valence-electron chi connectivity index (χ1n) is 6.76. The minimum absolute atomic E-state index is 0.0426. The van der Waals surface area contributed by atoms with Crippen molar-refractivity contribution in [3.63, 3.8) is 0 Å². The predicted octanol–water partition coefficient (Wildman–Crippen LogP) is 0.976. The fourth-order valence-electron chi connectivity index (χ4n) is 3.30. The lowest BCUT2D eigenvalue weighted by Crippen LogP contribution is -2.54. The first-order chi connectivity index (χ1) is 8.64. The van der Waals surface area contributed by atoms with E-state index >= 15 is 0 Å². The van der Waals surface area contributed by atoms with Gasteiger partial charge in [-0.1, -0.05) is 0 Å². The maximum atomic E-state index is 12.6. The van der Waals surface area contributed by atoms with Gasteiger partial charge in [0.05, 0.1) is 12.2 Å². The molecule has 3 rings (SSSR count). The molecule has 0 saturated carbocycles. The molecule has 0 radical (unpaired) electrons. The van der Waals surface area contributed by atoms with Crippen molar-refractivity contribution in [3.8, 4) is 0 Å². The molecule has 3 aliphatic heterocycles. The van der Waals surface area contributed by atoms with Crippen LogP contribution in [0.3, 0.4) is 0 Å². The van der Waals surface area contributed by atoms with E-state index in [1.165, 1.54) is 0 Å². The van der Waals surface area contributed by atoms with Crippen molar-refractivity contribution in [1.82, 2.24) is 0 Å². The third kappa shape index (κ3) is 2.22. The smallest absolute Gasteiger partial charge is 0.158 e. The predicted molar refractivity (Wildman–Crippen MR) is 70.7 cm³/mol. The first kappa shape index (κ1) is 12.9. The van der Waals surface area contributed by atoms with Crippen molar-refractivity contribution >= 4 is 17.5 Å². The fraction of sp³-hybridized carbons (Fsp3) is 0.923. The van der Waals surface area contributed by atoms with Gasteiger partial charge in [-0.15, -0.1) is 0 Å². The van der Waals surface area contributed by atoms with Gasteiger partial charge in [0, 0.05) is 24.9 Å². The molecule has 3 saturated heterocycles. The van der Waals surface area contributed by atoms with Crippen molar-refractivity contribution < 1.29 is 14.3 Å². The van der Waals surface area contributed by atoms with Gasteiger partial charge in [0.2, 0.25) is 0 Å². The Morgan fingerprint density at radius 2 is 2.22 bits per heavy atom. The Morgan fingerprint density at radius 1 is 1.33 bits per heavy atom. The molecule has 0 bridgehead atoms. The Kier molecular flexibility index (Phi) is 3.43. The molecule has 0 aliphatic carbocycles. The highest BCUT2D eigenvalue weighted by Gasteiger charge is 2.47. The zero-order chi connectivity index (χ0) is 12.6. The molecule has 0 aromatic rings. The molecule has 3 atom stereocenters. The van der Waals surface area contributed by atoms with E-state index in [-0.39, 0.29) is 17.3 Å². The van der Waals surface area contributed by atoms with E-state index in [0.29, 0.717) is 26.2 Å². The molecule has 102 valence electrons. The molecule has 1 spiro atoms. The van der Waals surface area contributed by atoms with E-state index in [4.69, 9.17) is 15.2 Å². The molecular weight excluding hydrogens is 250 g/mol. The molecular formula is C13H21NO3S. The van der Waals surface area contributed by atoms with Crippen LogP contribution in [-0.2, 0) is 14.3 Å². The second-order valence-electron chi connectivity index (χ2n) is 5.85. The summed E-state index contributed by atoms with van der Waals surface area (Å²) in [5.41, 5.74) is 5.43. The van der Waals surface area contributed by atoms with Gasteiger partial charge in [-0.25, -0.2) is 0 Å². The molecule has 4 nitrogen and oxygen atoms in total. The summed E-state index contributed by atoms with van der Waals surface area (Å²) in [6, 6.07) is 0. The third-order valence-corrected chi connectivity index (χ3v) is 5.70. The van der Waals surface area contributed by atoms with Crippen molar-refractivity contribution in [2.24, 2.45) is 11.7 Å². The van der Waals surface area contributed by atoms with Crippen molar-refractivity contribution in [2.45, 2.75) is 36.8 Å². The van der Waals surface area contributed by atoms with E-state index in [1.807, 2.05) is 11.8 Å². The van der Waals surface area contributed by atoms with Gasteiger partial charge in [-0.2, -0.15) is 11.8 Å². The number of carbonyl (C=O) groups excluding carboxylic acids is 1. The van der Waals surface area contributed by atoms with Crippen LogP contribution in [0.2, 0.25) is 0 Å². The summed E-state index contributed by atoms with van der Waals surface area (Å²) < 4.78 is 11.3. The standard InChI is InChI=1S/C13H21NO3S/c14-13(2-5-16-8-13)11(15)10-1-4-17-12(7-10)3-6-18-9-12/h10H,1-9,14H2. The Hall–Kier alpha value is -0.100. The second kappa shape index (κ2) is 4.78. The zero-order valence-corrected chi connectivity index (χ0v) is 11.5. The summed E-state index contributed by atoms with van der Waals surface area (Å²) in [7, 11) is 0.